The molecule has 0 atom stereocenters. The number of nitrogens with one attached hydrogen (secondary N) is 1. The van der Waals surface area contributed by atoms with Gasteiger partial charge in [0.25, 0.3) is 0 Å². The maximum atomic E-state index is 4.77. The first-order valence-electron chi connectivity index (χ1n) is 8.43. The molecule has 0 amide bonds. The summed E-state index contributed by atoms with van der Waals surface area (Å²) in [6.07, 6.45) is 5.02. The van der Waals surface area contributed by atoms with Crippen LogP contribution >= 0.6 is 0 Å². The molecule has 0 spiro atoms. The molecule has 1 aromatic rings. The van der Waals surface area contributed by atoms with Crippen LogP contribution < -0.4 is 10.2 Å². The second kappa shape index (κ2) is 7.26. The number of aromatic nitrogens is 1. The number of hydrogen-bond donors (Lipinski definition) is 1. The molecule has 3 heteroatoms. The van der Waals surface area contributed by atoms with Crippen molar-refractivity contribution in [3.8, 4) is 0 Å². The van der Waals surface area contributed by atoms with Gasteiger partial charge in [0.1, 0.15) is 5.82 Å². The van der Waals surface area contributed by atoms with Gasteiger partial charge in [-0.1, -0.05) is 20.8 Å². The molecular weight excluding hydrogens is 258 g/mol. The molecule has 1 aliphatic heterocycles. The summed E-state index contributed by atoms with van der Waals surface area (Å²) < 4.78 is 0. The predicted octanol–water partition coefficient (Wildman–Crippen LogP) is 3.91. The minimum Gasteiger partial charge on any atom is -0.357 e. The summed E-state index contributed by atoms with van der Waals surface area (Å²) in [5.41, 5.74) is 2.96. The largest absolute Gasteiger partial charge is 0.357 e. The fourth-order valence-electron chi connectivity index (χ4n) is 3.05. The molecule has 0 radical (unpaired) electrons. The van der Waals surface area contributed by atoms with Crippen molar-refractivity contribution < 1.29 is 0 Å². The molecule has 1 aromatic heterocycles. The fourth-order valence-corrected chi connectivity index (χ4v) is 3.05. The highest BCUT2D eigenvalue weighted by Crippen LogP contribution is 2.31. The van der Waals surface area contributed by atoms with E-state index in [2.05, 4.69) is 50.0 Å². The van der Waals surface area contributed by atoms with Crippen LogP contribution in [-0.4, -0.2) is 24.6 Å². The first-order chi connectivity index (χ1) is 10.00. The molecule has 0 aromatic carbocycles. The SMILES string of the molecule is CCCNCc1cc(C)nc(N2CCCC(C)(C)CC2)c1. The molecule has 21 heavy (non-hydrogen) atoms. The van der Waals surface area contributed by atoms with E-state index in [0.29, 0.717) is 5.41 Å². The third kappa shape index (κ3) is 4.99. The zero-order valence-electron chi connectivity index (χ0n) is 14.2. The molecule has 1 N–H and O–H groups in total. The third-order valence-corrected chi connectivity index (χ3v) is 4.42. The first kappa shape index (κ1) is 16.3. The number of nitrogens with zero attached hydrogens (tertiary/aromatic N) is 2. The van der Waals surface area contributed by atoms with Crippen molar-refractivity contribution in [2.24, 2.45) is 5.41 Å². The maximum absolute atomic E-state index is 4.77. The summed E-state index contributed by atoms with van der Waals surface area (Å²) in [5, 5.41) is 3.49. The van der Waals surface area contributed by atoms with E-state index in [1.807, 2.05) is 0 Å². The standard InChI is InChI=1S/C18H31N3/c1-5-9-19-14-16-12-15(2)20-17(13-16)21-10-6-7-18(3,4)8-11-21/h12-13,19H,5-11,14H2,1-4H3. The van der Waals surface area contributed by atoms with E-state index in [9.17, 15) is 0 Å². The van der Waals surface area contributed by atoms with Crippen molar-refractivity contribution in [3.05, 3.63) is 23.4 Å². The van der Waals surface area contributed by atoms with Crippen LogP contribution in [0.25, 0.3) is 0 Å². The van der Waals surface area contributed by atoms with Crippen LogP contribution in [0.1, 0.15) is 57.7 Å². The van der Waals surface area contributed by atoms with E-state index < -0.39 is 0 Å². The lowest BCUT2D eigenvalue weighted by Gasteiger charge is -2.24. The van der Waals surface area contributed by atoms with Gasteiger partial charge >= 0.3 is 0 Å². The molecule has 1 fully saturated rings. The van der Waals surface area contributed by atoms with Gasteiger partial charge in [0.2, 0.25) is 0 Å². The summed E-state index contributed by atoms with van der Waals surface area (Å²) in [5.74, 6) is 1.17. The Morgan fingerprint density at radius 3 is 2.81 bits per heavy atom. The molecule has 0 aliphatic carbocycles. The second-order valence-corrected chi connectivity index (χ2v) is 7.16. The van der Waals surface area contributed by atoms with E-state index in [1.165, 1.54) is 37.1 Å². The molecule has 118 valence electrons. The van der Waals surface area contributed by atoms with Crippen LogP contribution in [0.4, 0.5) is 5.82 Å². The summed E-state index contributed by atoms with van der Waals surface area (Å²) >= 11 is 0. The Morgan fingerprint density at radius 1 is 1.24 bits per heavy atom. The van der Waals surface area contributed by atoms with Crippen molar-refractivity contribution in [2.75, 3.05) is 24.5 Å². The molecule has 0 bridgehead atoms. The van der Waals surface area contributed by atoms with Gasteiger partial charge in [-0.25, -0.2) is 4.98 Å². The van der Waals surface area contributed by atoms with Gasteiger partial charge in [-0.15, -0.1) is 0 Å². The molecule has 1 saturated heterocycles. The highest BCUT2D eigenvalue weighted by Gasteiger charge is 2.23. The zero-order chi connectivity index (χ0) is 15.3. The Labute approximate surface area is 130 Å². The van der Waals surface area contributed by atoms with Crippen LogP contribution in [0.3, 0.4) is 0 Å². The summed E-state index contributed by atoms with van der Waals surface area (Å²) in [6, 6.07) is 4.47. The van der Waals surface area contributed by atoms with Crippen molar-refractivity contribution >= 4 is 5.82 Å². The van der Waals surface area contributed by atoms with E-state index in [1.54, 1.807) is 0 Å². The molecule has 2 heterocycles. The van der Waals surface area contributed by atoms with Crippen molar-refractivity contribution in [3.63, 3.8) is 0 Å². The number of aryl methyl sites for hydroxylation is 1. The lowest BCUT2D eigenvalue weighted by Crippen LogP contribution is -2.26. The van der Waals surface area contributed by atoms with Crippen molar-refractivity contribution in [2.45, 2.75) is 59.9 Å². The number of anilines is 1. The minimum absolute atomic E-state index is 0.476. The van der Waals surface area contributed by atoms with Gasteiger partial charge in [-0.3, -0.25) is 0 Å². The zero-order valence-corrected chi connectivity index (χ0v) is 14.2. The smallest absolute Gasteiger partial charge is 0.129 e. The lowest BCUT2D eigenvalue weighted by molar-refractivity contribution is 0.325. The predicted molar refractivity (Wildman–Crippen MR) is 90.8 cm³/mol. The van der Waals surface area contributed by atoms with Crippen molar-refractivity contribution in [1.82, 2.24) is 10.3 Å². The Kier molecular flexibility index (Phi) is 5.63. The topological polar surface area (TPSA) is 28.2 Å². The lowest BCUT2D eigenvalue weighted by atomic mass is 9.85. The molecule has 1 aliphatic rings. The van der Waals surface area contributed by atoms with E-state index in [4.69, 9.17) is 4.98 Å². The molecule has 2 rings (SSSR count). The van der Waals surface area contributed by atoms with E-state index >= 15 is 0 Å². The Bertz CT molecular complexity index is 454. The van der Waals surface area contributed by atoms with Gasteiger partial charge in [-0.2, -0.15) is 0 Å². The van der Waals surface area contributed by atoms with Gasteiger partial charge in [0.15, 0.2) is 0 Å². The monoisotopic (exact) mass is 289 g/mol. The highest BCUT2D eigenvalue weighted by molar-refractivity contribution is 5.43. The van der Waals surface area contributed by atoms with Gasteiger partial charge < -0.3 is 10.2 Å². The third-order valence-electron chi connectivity index (χ3n) is 4.42. The van der Waals surface area contributed by atoms with E-state index in [0.717, 1.165) is 31.9 Å². The Balaban J connectivity index is 2.08. The van der Waals surface area contributed by atoms with Gasteiger partial charge in [0.05, 0.1) is 0 Å². The number of pyridine rings is 1. The van der Waals surface area contributed by atoms with Crippen molar-refractivity contribution in [1.29, 1.82) is 0 Å². The Morgan fingerprint density at radius 2 is 2.05 bits per heavy atom. The van der Waals surface area contributed by atoms with Crippen LogP contribution in [-0.2, 0) is 6.54 Å². The maximum Gasteiger partial charge on any atom is 0.129 e. The quantitative estimate of drug-likeness (QED) is 0.833. The Hall–Kier alpha value is -1.09. The summed E-state index contributed by atoms with van der Waals surface area (Å²) in [6.45, 7) is 13.4. The number of rotatable bonds is 5. The average molecular weight is 289 g/mol. The molecule has 3 nitrogen and oxygen atoms in total. The highest BCUT2D eigenvalue weighted by atomic mass is 15.2. The molecule has 0 unspecified atom stereocenters. The summed E-state index contributed by atoms with van der Waals surface area (Å²) in [7, 11) is 0. The van der Waals surface area contributed by atoms with E-state index in [-0.39, 0.29) is 0 Å². The minimum atomic E-state index is 0.476. The molecule has 0 saturated carbocycles. The first-order valence-corrected chi connectivity index (χ1v) is 8.43. The van der Waals surface area contributed by atoms with Gasteiger partial charge in [0, 0.05) is 25.3 Å². The van der Waals surface area contributed by atoms with Gasteiger partial charge in [-0.05, 0) is 62.3 Å². The normalized spacial score (nSPS) is 18.6. The van der Waals surface area contributed by atoms with Crippen LogP contribution in [0.2, 0.25) is 0 Å². The van der Waals surface area contributed by atoms with Crippen LogP contribution in [0, 0.1) is 12.3 Å². The average Bonchev–Trinajstić information content (AvgIpc) is 2.59. The number of hydrogen-bond acceptors (Lipinski definition) is 3. The summed E-state index contributed by atoms with van der Waals surface area (Å²) in [4.78, 5) is 7.25. The van der Waals surface area contributed by atoms with Crippen LogP contribution in [0.15, 0.2) is 12.1 Å². The fraction of sp³-hybridized carbons (Fsp3) is 0.722. The molecular formula is C18H31N3. The van der Waals surface area contributed by atoms with Crippen LogP contribution in [0.5, 0.6) is 0 Å². The second-order valence-electron chi connectivity index (χ2n) is 7.16.